The molecular weight excluding hydrogens is 472 g/mol. The number of nitrogens with zero attached hydrogens (tertiary/aromatic N) is 3. The standard InChI is InChI=1S/C24H26N4O4S2/c1-17(19-8-12-21(13-9-19)34(30,31)28-14-4-3-5-15-28)26-27-24-25-23(29)22(33-24)16-18-6-10-20(32-2)11-7-18/h6-13,16H,3-5,14-15H2,1-2H3,(H,25,27,29)/b22-16+,26-17+. The van der Waals surface area contributed by atoms with E-state index in [1.807, 2.05) is 24.3 Å². The molecular formula is C24H26N4O4S2. The van der Waals surface area contributed by atoms with Crippen molar-refractivity contribution in [2.24, 2.45) is 10.2 Å². The fourth-order valence-electron chi connectivity index (χ4n) is 3.63. The van der Waals surface area contributed by atoms with Crippen molar-refractivity contribution in [2.45, 2.75) is 31.1 Å². The van der Waals surface area contributed by atoms with Gasteiger partial charge in [-0.2, -0.15) is 9.41 Å². The highest BCUT2D eigenvalue weighted by molar-refractivity contribution is 8.18. The Bertz CT molecular complexity index is 1240. The van der Waals surface area contributed by atoms with E-state index in [4.69, 9.17) is 4.74 Å². The van der Waals surface area contributed by atoms with Crippen LogP contribution >= 0.6 is 11.8 Å². The Morgan fingerprint density at radius 1 is 1.06 bits per heavy atom. The van der Waals surface area contributed by atoms with Crippen LogP contribution in [0.5, 0.6) is 5.75 Å². The molecule has 0 unspecified atom stereocenters. The maximum Gasteiger partial charge on any atom is 0.264 e. The Kier molecular flexibility index (Phi) is 7.50. The van der Waals surface area contributed by atoms with Crippen LogP contribution in [-0.2, 0) is 14.8 Å². The van der Waals surface area contributed by atoms with Gasteiger partial charge in [0.05, 0.1) is 22.6 Å². The quantitative estimate of drug-likeness (QED) is 0.370. The smallest absolute Gasteiger partial charge is 0.264 e. The number of hydrogen-bond donors (Lipinski definition) is 1. The number of ether oxygens (including phenoxy) is 1. The summed E-state index contributed by atoms with van der Waals surface area (Å²) < 4.78 is 32.3. The molecule has 0 radical (unpaired) electrons. The predicted octanol–water partition coefficient (Wildman–Crippen LogP) is 3.85. The van der Waals surface area contributed by atoms with Crippen LogP contribution in [0, 0.1) is 0 Å². The van der Waals surface area contributed by atoms with Gasteiger partial charge in [0.2, 0.25) is 10.0 Å². The topological polar surface area (TPSA) is 100 Å². The largest absolute Gasteiger partial charge is 0.497 e. The molecule has 178 valence electrons. The van der Waals surface area contributed by atoms with Crippen LogP contribution in [0.25, 0.3) is 6.08 Å². The minimum atomic E-state index is -3.47. The molecule has 0 atom stereocenters. The molecule has 2 aromatic rings. The number of amidine groups is 1. The highest BCUT2D eigenvalue weighted by Gasteiger charge is 2.26. The molecule has 2 aliphatic rings. The van der Waals surface area contributed by atoms with Crippen LogP contribution in [0.2, 0.25) is 0 Å². The fraction of sp³-hybridized carbons (Fsp3) is 0.292. The van der Waals surface area contributed by atoms with Gasteiger partial charge in [-0.3, -0.25) is 10.1 Å². The van der Waals surface area contributed by atoms with Crippen LogP contribution in [-0.4, -0.2) is 49.7 Å². The molecule has 8 nitrogen and oxygen atoms in total. The van der Waals surface area contributed by atoms with E-state index in [0.717, 1.165) is 36.1 Å². The monoisotopic (exact) mass is 498 g/mol. The van der Waals surface area contributed by atoms with E-state index in [1.165, 1.54) is 11.8 Å². The van der Waals surface area contributed by atoms with E-state index in [0.29, 0.717) is 28.9 Å². The Hall–Kier alpha value is -2.95. The van der Waals surface area contributed by atoms with Gasteiger partial charge in [-0.05, 0) is 73.0 Å². The zero-order valence-electron chi connectivity index (χ0n) is 19.0. The molecule has 10 heteroatoms. The lowest BCUT2D eigenvalue weighted by Crippen LogP contribution is -2.35. The third kappa shape index (κ3) is 5.57. The zero-order chi connectivity index (χ0) is 24.1. The summed E-state index contributed by atoms with van der Waals surface area (Å²) in [6.45, 7) is 2.93. The van der Waals surface area contributed by atoms with E-state index in [9.17, 15) is 13.2 Å². The van der Waals surface area contributed by atoms with Gasteiger partial charge in [-0.15, -0.1) is 5.10 Å². The van der Waals surface area contributed by atoms with Gasteiger partial charge in [-0.25, -0.2) is 8.42 Å². The van der Waals surface area contributed by atoms with Crippen LogP contribution < -0.4 is 10.1 Å². The summed E-state index contributed by atoms with van der Waals surface area (Å²) in [5.74, 6) is 0.509. The first kappa shape index (κ1) is 24.2. The summed E-state index contributed by atoms with van der Waals surface area (Å²) in [6.07, 6.45) is 4.64. The van der Waals surface area contributed by atoms with Gasteiger partial charge in [0, 0.05) is 13.1 Å². The second-order valence-electron chi connectivity index (χ2n) is 7.92. The van der Waals surface area contributed by atoms with Crippen molar-refractivity contribution in [1.29, 1.82) is 0 Å². The lowest BCUT2D eigenvalue weighted by molar-refractivity contribution is -0.115. The van der Waals surface area contributed by atoms with E-state index in [1.54, 1.807) is 48.7 Å². The van der Waals surface area contributed by atoms with E-state index in [2.05, 4.69) is 15.5 Å². The Morgan fingerprint density at radius 3 is 2.38 bits per heavy atom. The Balaban J connectivity index is 1.44. The molecule has 2 heterocycles. The third-order valence-electron chi connectivity index (χ3n) is 5.58. The summed E-state index contributed by atoms with van der Waals surface area (Å²) >= 11 is 1.21. The van der Waals surface area contributed by atoms with Crippen molar-refractivity contribution in [3.63, 3.8) is 0 Å². The molecule has 1 N–H and O–H groups in total. The first-order valence-corrected chi connectivity index (χ1v) is 13.2. The van der Waals surface area contributed by atoms with Crippen molar-refractivity contribution >= 4 is 44.6 Å². The van der Waals surface area contributed by atoms with Crippen LogP contribution in [0.15, 0.2) is 68.5 Å². The van der Waals surface area contributed by atoms with Crippen molar-refractivity contribution < 1.29 is 17.9 Å². The van der Waals surface area contributed by atoms with Crippen LogP contribution in [0.4, 0.5) is 0 Å². The van der Waals surface area contributed by atoms with Crippen LogP contribution in [0.1, 0.15) is 37.3 Å². The second kappa shape index (κ2) is 10.5. The van der Waals surface area contributed by atoms with Gasteiger partial charge in [0.1, 0.15) is 5.75 Å². The number of nitrogens with one attached hydrogen (secondary N) is 1. The lowest BCUT2D eigenvalue weighted by atomic mass is 10.1. The molecule has 2 aromatic carbocycles. The number of thioether (sulfide) groups is 1. The first-order chi connectivity index (χ1) is 16.4. The highest BCUT2D eigenvalue weighted by atomic mass is 32.2. The number of sulfonamides is 1. The van der Waals surface area contributed by atoms with Gasteiger partial charge in [0.25, 0.3) is 5.91 Å². The van der Waals surface area contributed by atoms with E-state index < -0.39 is 10.0 Å². The van der Waals surface area contributed by atoms with Gasteiger partial charge >= 0.3 is 0 Å². The average Bonchev–Trinajstić information content (AvgIpc) is 3.22. The molecule has 34 heavy (non-hydrogen) atoms. The molecule has 2 aliphatic heterocycles. The van der Waals surface area contributed by atoms with Crippen LogP contribution in [0.3, 0.4) is 0 Å². The van der Waals surface area contributed by atoms with Crippen molar-refractivity contribution in [1.82, 2.24) is 9.62 Å². The molecule has 4 rings (SSSR count). The number of methoxy groups -OCH3 is 1. The molecule has 0 aromatic heterocycles. The predicted molar refractivity (Wildman–Crippen MR) is 135 cm³/mol. The Morgan fingerprint density at radius 2 is 1.74 bits per heavy atom. The maximum absolute atomic E-state index is 12.8. The molecule has 0 bridgehead atoms. The molecule has 2 saturated heterocycles. The van der Waals surface area contributed by atoms with E-state index in [-0.39, 0.29) is 10.8 Å². The van der Waals surface area contributed by atoms with E-state index >= 15 is 0 Å². The summed E-state index contributed by atoms with van der Waals surface area (Å²) in [7, 11) is -1.87. The van der Waals surface area contributed by atoms with Gasteiger partial charge in [-0.1, -0.05) is 30.7 Å². The van der Waals surface area contributed by atoms with Gasteiger partial charge < -0.3 is 4.74 Å². The first-order valence-electron chi connectivity index (χ1n) is 10.9. The molecule has 1 amide bonds. The molecule has 0 spiro atoms. The number of rotatable bonds is 6. The second-order valence-corrected chi connectivity index (χ2v) is 10.9. The average molecular weight is 499 g/mol. The number of piperidine rings is 1. The zero-order valence-corrected chi connectivity index (χ0v) is 20.7. The lowest BCUT2D eigenvalue weighted by Gasteiger charge is -2.25. The molecule has 0 aliphatic carbocycles. The Labute approximate surface area is 203 Å². The fourth-order valence-corrected chi connectivity index (χ4v) is 5.92. The molecule has 0 saturated carbocycles. The summed E-state index contributed by atoms with van der Waals surface area (Å²) in [5, 5.41) is 11.5. The number of carbonyl (C=O) groups excluding carboxylic acids is 1. The summed E-state index contributed by atoms with van der Waals surface area (Å²) in [5.41, 5.74) is 2.24. The maximum atomic E-state index is 12.8. The minimum absolute atomic E-state index is 0.236. The third-order valence-corrected chi connectivity index (χ3v) is 8.39. The minimum Gasteiger partial charge on any atom is -0.497 e. The number of hydrogen-bond acceptors (Lipinski definition) is 7. The number of benzene rings is 2. The number of carbonyl (C=O) groups is 1. The summed E-state index contributed by atoms with van der Waals surface area (Å²) in [6, 6.07) is 14.1. The normalized spacial score (nSPS) is 20.1. The van der Waals surface area contributed by atoms with Gasteiger partial charge in [0.15, 0.2) is 5.17 Å². The van der Waals surface area contributed by atoms with Crippen molar-refractivity contribution in [3.8, 4) is 5.75 Å². The summed E-state index contributed by atoms with van der Waals surface area (Å²) in [4.78, 5) is 13.1. The highest BCUT2D eigenvalue weighted by Crippen LogP contribution is 2.27. The SMILES string of the molecule is COc1ccc(/C=C2/S/C(=N\N=C(/C)c3ccc(S(=O)(=O)N4CCCCC4)cc3)NC2=O)cc1. The van der Waals surface area contributed by atoms with Crippen molar-refractivity contribution in [2.75, 3.05) is 20.2 Å². The molecule has 2 fully saturated rings. The number of amides is 1. The van der Waals surface area contributed by atoms with Crippen molar-refractivity contribution in [3.05, 3.63) is 64.6 Å².